The van der Waals surface area contributed by atoms with Crippen LogP contribution in [0.1, 0.15) is 0 Å². The zero-order valence-electron chi connectivity index (χ0n) is 6.76. The van der Waals surface area contributed by atoms with Gasteiger partial charge >= 0.3 is 12.1 Å². The maximum Gasteiger partial charge on any atom is 0.358 e. The van der Waals surface area contributed by atoms with Crippen LogP contribution >= 0.6 is 0 Å². The molecule has 0 spiro atoms. The van der Waals surface area contributed by atoms with Gasteiger partial charge in [0, 0.05) is 0 Å². The molecule has 4 amide bonds. The minimum absolute atomic E-state index is 0.921. The van der Waals surface area contributed by atoms with Crippen LogP contribution in [-0.2, 0) is 0 Å². The Labute approximate surface area is 77.6 Å². The monoisotopic (exact) mass is 204 g/mol. The van der Waals surface area contributed by atoms with E-state index in [4.69, 9.17) is 10.4 Å². The summed E-state index contributed by atoms with van der Waals surface area (Å²) in [6, 6.07) is -1.84. The van der Waals surface area contributed by atoms with E-state index in [0.717, 1.165) is 12.4 Å². The second-order valence-corrected chi connectivity index (χ2v) is 1.66. The van der Waals surface area contributed by atoms with Crippen LogP contribution in [0.3, 0.4) is 0 Å². The molecule has 0 aromatic heterocycles. The number of hydroxylamine groups is 2. The molecule has 0 unspecified atom stereocenters. The number of nitrogens with one attached hydrogen (secondary N) is 4. The lowest BCUT2D eigenvalue weighted by Crippen LogP contribution is -2.30. The molecule has 0 aliphatic rings. The zero-order chi connectivity index (χ0) is 10.8. The van der Waals surface area contributed by atoms with E-state index in [2.05, 4.69) is 10.2 Å². The molecule has 0 aliphatic carbocycles. The van der Waals surface area contributed by atoms with E-state index in [1.165, 1.54) is 11.0 Å². The van der Waals surface area contributed by atoms with Crippen molar-refractivity contribution in [2.45, 2.75) is 0 Å². The van der Waals surface area contributed by atoms with Crippen molar-refractivity contribution in [1.29, 1.82) is 0 Å². The Hall–Kier alpha value is -2.20. The van der Waals surface area contributed by atoms with E-state index in [1.807, 2.05) is 10.9 Å². The Kier molecular flexibility index (Phi) is 6.28. The number of rotatable bonds is 3. The maximum absolute atomic E-state index is 10.3. The molecule has 0 aromatic carbocycles. The fourth-order valence-corrected chi connectivity index (χ4v) is 0.308. The number of amides is 4. The first-order valence-corrected chi connectivity index (χ1v) is 3.15. The van der Waals surface area contributed by atoms with Gasteiger partial charge in [-0.25, -0.2) is 31.4 Å². The third-order valence-electron chi connectivity index (χ3n) is 0.751. The van der Waals surface area contributed by atoms with Gasteiger partial charge in [0.25, 0.3) is 0 Å². The lowest BCUT2D eigenvalue weighted by atomic mass is 10.8. The largest absolute Gasteiger partial charge is 0.358 e. The van der Waals surface area contributed by atoms with Crippen LogP contribution < -0.4 is 21.8 Å². The first-order valence-electron chi connectivity index (χ1n) is 3.15. The van der Waals surface area contributed by atoms with Crippen molar-refractivity contribution in [3.63, 3.8) is 0 Å². The summed E-state index contributed by atoms with van der Waals surface area (Å²) in [5, 5.41) is 22.4. The lowest BCUT2D eigenvalue weighted by Gasteiger charge is -1.93. The van der Waals surface area contributed by atoms with E-state index in [1.54, 1.807) is 0 Å². The van der Waals surface area contributed by atoms with E-state index in [0.29, 0.717) is 0 Å². The molecule has 6 N–H and O–H groups in total. The number of nitrogens with zero attached hydrogens (tertiary/aromatic N) is 2. The zero-order valence-corrected chi connectivity index (χ0v) is 6.76. The minimum Gasteiger partial charge on any atom is -0.287 e. The molecule has 0 atom stereocenters. The number of hydrazone groups is 2. The van der Waals surface area contributed by atoms with Gasteiger partial charge in [-0.3, -0.25) is 10.4 Å². The van der Waals surface area contributed by atoms with Gasteiger partial charge in [-0.1, -0.05) is 0 Å². The quantitative estimate of drug-likeness (QED) is 0.185. The summed E-state index contributed by atoms with van der Waals surface area (Å²) in [6.07, 6.45) is 2.04. The van der Waals surface area contributed by atoms with Crippen LogP contribution in [0.5, 0.6) is 0 Å². The molecule has 0 radical (unpaired) electrons. The van der Waals surface area contributed by atoms with E-state index >= 15 is 0 Å². The molecule has 0 saturated carbocycles. The van der Waals surface area contributed by atoms with Gasteiger partial charge in [0.05, 0.1) is 12.4 Å². The predicted molar refractivity (Wildman–Crippen MR) is 43.9 cm³/mol. The van der Waals surface area contributed by atoms with Gasteiger partial charge in [0.1, 0.15) is 0 Å². The fourth-order valence-electron chi connectivity index (χ4n) is 0.308. The van der Waals surface area contributed by atoms with E-state index < -0.39 is 12.1 Å². The normalized spacial score (nSPS) is 10.1. The van der Waals surface area contributed by atoms with Gasteiger partial charge in [-0.2, -0.15) is 10.2 Å². The van der Waals surface area contributed by atoms with Crippen molar-refractivity contribution in [2.24, 2.45) is 10.2 Å². The molecule has 0 saturated heterocycles. The number of carbonyl (C=O) groups is 2. The Morgan fingerprint density at radius 3 is 1.57 bits per heavy atom. The molecule has 0 rings (SSSR count). The number of hydrogen-bond donors (Lipinski definition) is 6. The summed E-state index contributed by atoms with van der Waals surface area (Å²) in [7, 11) is 0. The molecule has 10 heteroatoms. The lowest BCUT2D eigenvalue weighted by molar-refractivity contribution is 0.162. The van der Waals surface area contributed by atoms with Gasteiger partial charge in [0.2, 0.25) is 0 Å². The van der Waals surface area contributed by atoms with Crippen LogP contribution in [-0.4, -0.2) is 34.9 Å². The number of urea groups is 2. The Morgan fingerprint density at radius 2 is 1.29 bits per heavy atom. The third-order valence-corrected chi connectivity index (χ3v) is 0.751. The second kappa shape index (κ2) is 7.45. The SMILES string of the molecule is O=C(NO)N/N=C\C=N/NC(=O)NO. The van der Waals surface area contributed by atoms with Crippen molar-refractivity contribution in [3.8, 4) is 0 Å². The number of carbonyl (C=O) groups excluding carboxylic acids is 2. The van der Waals surface area contributed by atoms with Crippen molar-refractivity contribution < 1.29 is 20.0 Å². The molecule has 10 nitrogen and oxygen atoms in total. The van der Waals surface area contributed by atoms with Crippen molar-refractivity contribution in [1.82, 2.24) is 21.8 Å². The Balaban J connectivity index is 3.60. The van der Waals surface area contributed by atoms with E-state index in [-0.39, 0.29) is 0 Å². The first-order chi connectivity index (χ1) is 6.70. The molecule has 0 bridgehead atoms. The number of hydrogen-bond acceptors (Lipinski definition) is 6. The summed E-state index contributed by atoms with van der Waals surface area (Å²) in [5.74, 6) is 0. The van der Waals surface area contributed by atoms with Crippen LogP contribution in [0.4, 0.5) is 9.59 Å². The van der Waals surface area contributed by atoms with Gasteiger partial charge < -0.3 is 0 Å². The predicted octanol–water partition coefficient (Wildman–Crippen LogP) is -1.67. The highest BCUT2D eigenvalue weighted by Crippen LogP contribution is 1.61. The van der Waals surface area contributed by atoms with Gasteiger partial charge in [-0.05, 0) is 0 Å². The smallest absolute Gasteiger partial charge is 0.287 e. The molecule has 14 heavy (non-hydrogen) atoms. The average Bonchev–Trinajstić information content (AvgIpc) is 2.22. The van der Waals surface area contributed by atoms with Crippen molar-refractivity contribution >= 4 is 24.5 Å². The topological polar surface area (TPSA) is 147 Å². The summed E-state index contributed by atoms with van der Waals surface area (Å²) in [5.41, 5.74) is 6.19. The highest BCUT2D eigenvalue weighted by molar-refractivity contribution is 6.16. The van der Waals surface area contributed by atoms with Crippen LogP contribution in [0.25, 0.3) is 0 Å². The van der Waals surface area contributed by atoms with Crippen LogP contribution in [0.15, 0.2) is 10.2 Å². The summed E-state index contributed by atoms with van der Waals surface area (Å²) in [6.45, 7) is 0. The molecule has 78 valence electrons. The van der Waals surface area contributed by atoms with Gasteiger partial charge in [-0.15, -0.1) is 0 Å². The molecule has 0 aromatic rings. The highest BCUT2D eigenvalue weighted by Gasteiger charge is 1.90. The second-order valence-electron chi connectivity index (χ2n) is 1.66. The molecular weight excluding hydrogens is 196 g/mol. The highest BCUT2D eigenvalue weighted by atomic mass is 16.5. The summed E-state index contributed by atoms with van der Waals surface area (Å²) in [4.78, 5) is 20.5. The van der Waals surface area contributed by atoms with Crippen molar-refractivity contribution in [2.75, 3.05) is 0 Å². The minimum atomic E-state index is -0.921. The Bertz CT molecular complexity index is 224. The van der Waals surface area contributed by atoms with Crippen LogP contribution in [0.2, 0.25) is 0 Å². The standard InChI is InChI=1S/C4H8N6O4/c11-3(9-13)7-5-1-2-6-8-4(12)10-14/h1-2,13-14H,(H2,7,9,11)(H2,8,10,12)/b5-1-,6-2-. The molecule has 0 heterocycles. The maximum atomic E-state index is 10.3. The van der Waals surface area contributed by atoms with Crippen molar-refractivity contribution in [3.05, 3.63) is 0 Å². The first kappa shape index (κ1) is 11.8. The average molecular weight is 204 g/mol. The summed E-state index contributed by atoms with van der Waals surface area (Å²) < 4.78 is 0. The van der Waals surface area contributed by atoms with Crippen LogP contribution in [0, 0.1) is 0 Å². The molecule has 0 fully saturated rings. The van der Waals surface area contributed by atoms with E-state index in [9.17, 15) is 9.59 Å². The Morgan fingerprint density at radius 1 is 0.929 bits per heavy atom. The summed E-state index contributed by atoms with van der Waals surface area (Å²) >= 11 is 0. The molecule has 0 aliphatic heterocycles. The fraction of sp³-hybridized carbons (Fsp3) is 0. The van der Waals surface area contributed by atoms with Gasteiger partial charge in [0.15, 0.2) is 0 Å². The molecular formula is C4H8N6O4. The third kappa shape index (κ3) is 6.51.